The lowest BCUT2D eigenvalue weighted by Crippen LogP contribution is -2.52. The molecule has 2 saturated heterocycles. The first-order chi connectivity index (χ1) is 27.0. The summed E-state index contributed by atoms with van der Waals surface area (Å²) in [5.41, 5.74) is 3.03. The molecular formula is C38H41ClFN8O7P. The van der Waals surface area contributed by atoms with Crippen molar-refractivity contribution in [2.24, 2.45) is 0 Å². The zero-order valence-corrected chi connectivity index (χ0v) is 32.6. The van der Waals surface area contributed by atoms with Crippen molar-refractivity contribution in [3.63, 3.8) is 0 Å². The number of benzene rings is 3. The van der Waals surface area contributed by atoms with E-state index in [9.17, 15) is 18.9 Å². The Morgan fingerprint density at radius 2 is 1.75 bits per heavy atom. The normalized spacial score (nSPS) is 17.5. The first-order valence-corrected chi connectivity index (χ1v) is 19.9. The molecule has 3 amide bonds. The molecular weight excluding hydrogens is 766 g/mol. The van der Waals surface area contributed by atoms with E-state index in [1.54, 1.807) is 43.5 Å². The van der Waals surface area contributed by atoms with E-state index < -0.39 is 31.3 Å². The third-order valence-corrected chi connectivity index (χ3v) is 12.5. The van der Waals surface area contributed by atoms with Crippen molar-refractivity contribution in [1.29, 1.82) is 0 Å². The van der Waals surface area contributed by atoms with E-state index in [2.05, 4.69) is 36.1 Å². The molecule has 0 radical (unpaired) electrons. The molecule has 0 spiro atoms. The number of rotatable bonds is 13. The number of carbonyl (C=O) groups excluding carboxylic acids is 3. The second-order valence-electron chi connectivity index (χ2n) is 13.5. The lowest BCUT2D eigenvalue weighted by molar-refractivity contribution is -0.136. The molecule has 2 fully saturated rings. The van der Waals surface area contributed by atoms with E-state index in [0.717, 1.165) is 31.6 Å². The van der Waals surface area contributed by atoms with Gasteiger partial charge in [0.15, 0.2) is 5.82 Å². The van der Waals surface area contributed by atoms with Gasteiger partial charge in [-0.3, -0.25) is 24.3 Å². The number of aromatic nitrogens is 2. The zero-order chi connectivity index (χ0) is 39.6. The van der Waals surface area contributed by atoms with Gasteiger partial charge in [-0.2, -0.15) is 4.98 Å². The highest BCUT2D eigenvalue weighted by Crippen LogP contribution is 2.47. The molecule has 3 aromatic carbocycles. The van der Waals surface area contributed by atoms with Crippen LogP contribution < -0.4 is 36.2 Å². The van der Waals surface area contributed by atoms with Gasteiger partial charge in [-0.1, -0.05) is 29.8 Å². The minimum atomic E-state index is -3.58. The molecule has 7 rings (SSSR count). The van der Waals surface area contributed by atoms with Gasteiger partial charge >= 0.3 is 7.60 Å². The number of anilines is 5. The Morgan fingerprint density at radius 3 is 2.48 bits per heavy atom. The van der Waals surface area contributed by atoms with Crippen molar-refractivity contribution in [3.05, 3.63) is 88.3 Å². The number of hydrogen-bond donors (Lipinski definition) is 4. The van der Waals surface area contributed by atoms with Crippen LogP contribution >= 0.6 is 19.2 Å². The number of nitrogens with zero attached hydrogens (tertiary/aromatic N) is 4. The fraction of sp³-hybridized carbons (Fsp3) is 0.342. The van der Waals surface area contributed by atoms with Crippen LogP contribution in [0, 0.1) is 5.82 Å². The minimum Gasteiger partial charge on any atom is -0.494 e. The highest BCUT2D eigenvalue weighted by Gasteiger charge is 2.40. The van der Waals surface area contributed by atoms with E-state index in [4.69, 9.17) is 25.4 Å². The minimum absolute atomic E-state index is 0.00807. The van der Waals surface area contributed by atoms with Gasteiger partial charge in [-0.05, 0) is 49.6 Å². The lowest BCUT2D eigenvalue weighted by atomic mass is 10.0. The number of methoxy groups -OCH3 is 1. The third kappa shape index (κ3) is 7.93. The maximum absolute atomic E-state index is 15.7. The fourth-order valence-corrected chi connectivity index (χ4v) is 8.59. The van der Waals surface area contributed by atoms with E-state index in [1.807, 2.05) is 18.2 Å². The van der Waals surface area contributed by atoms with Crippen molar-refractivity contribution in [3.8, 4) is 5.75 Å². The van der Waals surface area contributed by atoms with Gasteiger partial charge in [0.1, 0.15) is 22.6 Å². The number of hydrogen-bond acceptors (Lipinski definition) is 13. The Bertz CT molecular complexity index is 2210. The fourth-order valence-electron chi connectivity index (χ4n) is 7.22. The molecule has 3 aliphatic heterocycles. The Kier molecular flexibility index (Phi) is 11.6. The van der Waals surface area contributed by atoms with Crippen LogP contribution in [0.4, 0.5) is 33.2 Å². The van der Waals surface area contributed by atoms with Gasteiger partial charge in [0.05, 0.1) is 36.5 Å². The summed E-state index contributed by atoms with van der Waals surface area (Å²) in [7, 11) is 0.628. The predicted octanol–water partition coefficient (Wildman–Crippen LogP) is 5.40. The Labute approximate surface area is 327 Å². The molecule has 0 aliphatic carbocycles. The van der Waals surface area contributed by atoms with Crippen LogP contribution in [0.3, 0.4) is 0 Å². The summed E-state index contributed by atoms with van der Waals surface area (Å²) in [6.07, 6.45) is 3.44. The summed E-state index contributed by atoms with van der Waals surface area (Å²) in [6.45, 7) is 1.80. The van der Waals surface area contributed by atoms with Crippen LogP contribution in [0.1, 0.15) is 47.2 Å². The first kappa shape index (κ1) is 39.1. The topological polar surface area (TPSA) is 176 Å². The molecule has 15 nitrogen and oxygen atoms in total. The van der Waals surface area contributed by atoms with Gasteiger partial charge < -0.3 is 39.5 Å². The average Bonchev–Trinajstić information content (AvgIpc) is 3.55. The molecule has 56 heavy (non-hydrogen) atoms. The van der Waals surface area contributed by atoms with Crippen LogP contribution in [-0.2, 0) is 36.3 Å². The molecule has 18 heteroatoms. The summed E-state index contributed by atoms with van der Waals surface area (Å²) >= 11 is 6.45. The standard InChI is InChI=1S/C38H41ClFN8O7P/c1-53-31-18-24(9-11-28(31)44-38-42-20-27(39)35(46-38)43-29-6-4-5-7-32(29)56(52,54-2)55-3)47-16-14-23(15-17-47)41-19-22-8-10-25-26(34(22)40)21-48(37(25)51)30-12-13-33(49)45-36(30)50/h4-11,18,20,23,30,41H,12-17,19,21H2,1-3H3,(H,45,49,50)(H2,42,43,44,46). The molecule has 1 unspecified atom stereocenters. The number of ether oxygens (including phenoxy) is 1. The van der Waals surface area contributed by atoms with Crippen molar-refractivity contribution >= 4 is 71.1 Å². The van der Waals surface area contributed by atoms with Crippen LogP contribution in [0.2, 0.25) is 5.02 Å². The quantitative estimate of drug-likeness (QED) is 0.100. The monoisotopic (exact) mass is 806 g/mol. The number of para-hydroxylation sites is 1. The van der Waals surface area contributed by atoms with E-state index in [-0.39, 0.29) is 59.3 Å². The maximum atomic E-state index is 15.7. The number of carbonyl (C=O) groups is 3. The van der Waals surface area contributed by atoms with Gasteiger partial charge in [-0.25, -0.2) is 9.37 Å². The smallest absolute Gasteiger partial charge is 0.362 e. The number of halogens is 2. The van der Waals surface area contributed by atoms with Crippen molar-refractivity contribution in [2.75, 3.05) is 50.0 Å². The van der Waals surface area contributed by atoms with Crippen molar-refractivity contribution in [2.45, 2.75) is 50.9 Å². The van der Waals surface area contributed by atoms with E-state index in [0.29, 0.717) is 34.5 Å². The van der Waals surface area contributed by atoms with Crippen molar-refractivity contribution in [1.82, 2.24) is 25.5 Å². The molecule has 4 aromatic rings. The number of amides is 3. The van der Waals surface area contributed by atoms with Crippen LogP contribution in [-0.4, -0.2) is 79.1 Å². The van der Waals surface area contributed by atoms with Crippen LogP contribution in [0.15, 0.2) is 60.8 Å². The molecule has 294 valence electrons. The largest absolute Gasteiger partial charge is 0.494 e. The third-order valence-electron chi connectivity index (χ3n) is 10.3. The van der Waals surface area contributed by atoms with E-state index in [1.165, 1.54) is 25.3 Å². The number of fused-ring (bicyclic) bond motifs is 1. The molecule has 3 aliphatic rings. The second kappa shape index (κ2) is 16.5. The summed E-state index contributed by atoms with van der Waals surface area (Å²) in [5.74, 6) is -0.652. The molecule has 1 atom stereocenters. The zero-order valence-electron chi connectivity index (χ0n) is 30.9. The van der Waals surface area contributed by atoms with E-state index >= 15 is 4.39 Å². The predicted molar refractivity (Wildman–Crippen MR) is 209 cm³/mol. The molecule has 0 saturated carbocycles. The van der Waals surface area contributed by atoms with Gasteiger partial charge in [0.2, 0.25) is 17.8 Å². The lowest BCUT2D eigenvalue weighted by Gasteiger charge is -2.34. The van der Waals surface area contributed by atoms with Crippen LogP contribution in [0.5, 0.6) is 5.75 Å². The highest BCUT2D eigenvalue weighted by atomic mass is 35.5. The second-order valence-corrected chi connectivity index (χ2v) is 16.1. The Hall–Kier alpha value is -5.12. The summed E-state index contributed by atoms with van der Waals surface area (Å²) < 4.78 is 45.0. The number of imide groups is 1. The Morgan fingerprint density at radius 1 is 0.982 bits per heavy atom. The van der Waals surface area contributed by atoms with Gasteiger partial charge in [0.25, 0.3) is 5.91 Å². The van der Waals surface area contributed by atoms with Crippen molar-refractivity contribution < 1.29 is 37.1 Å². The van der Waals surface area contributed by atoms with Crippen LogP contribution in [0.25, 0.3) is 0 Å². The summed E-state index contributed by atoms with van der Waals surface area (Å²) in [5, 5.41) is 12.6. The summed E-state index contributed by atoms with van der Waals surface area (Å²) in [6, 6.07) is 15.3. The number of nitrogens with one attached hydrogen (secondary N) is 4. The SMILES string of the molecule is COc1cc(N2CCC(NCc3ccc4c(c3F)CN(C3CCC(=O)NC3=O)C4=O)CC2)ccc1Nc1ncc(Cl)c(Nc2ccccc2P(=O)(OC)OC)n1. The van der Waals surface area contributed by atoms with Gasteiger partial charge in [-0.15, -0.1) is 0 Å². The molecule has 0 bridgehead atoms. The molecule has 1 aromatic heterocycles. The number of piperidine rings is 2. The molecule has 4 N–H and O–H groups in total. The first-order valence-electron chi connectivity index (χ1n) is 18.0. The average molecular weight is 807 g/mol. The highest BCUT2D eigenvalue weighted by molar-refractivity contribution is 7.62. The summed E-state index contributed by atoms with van der Waals surface area (Å²) in [4.78, 5) is 49.5. The Balaban J connectivity index is 0.955. The maximum Gasteiger partial charge on any atom is 0.362 e. The van der Waals surface area contributed by atoms with Gasteiger partial charge in [0, 0.05) is 74.8 Å². The molecule has 4 heterocycles.